The molecule has 44 heavy (non-hydrogen) atoms. The number of benzene rings is 3. The van der Waals surface area contributed by atoms with Gasteiger partial charge < -0.3 is 19.7 Å². The first-order valence-corrected chi connectivity index (χ1v) is 14.0. The summed E-state index contributed by atoms with van der Waals surface area (Å²) in [6.45, 7) is 5.32. The quantitative estimate of drug-likeness (QED) is 0.285. The fourth-order valence-corrected chi connectivity index (χ4v) is 5.07. The van der Waals surface area contributed by atoms with Gasteiger partial charge in [0, 0.05) is 25.3 Å². The van der Waals surface area contributed by atoms with E-state index in [1.54, 1.807) is 43.8 Å². The topological polar surface area (TPSA) is 152 Å². The molecule has 0 saturated heterocycles. The lowest BCUT2D eigenvalue weighted by Crippen LogP contribution is -2.43. The third-order valence-electron chi connectivity index (χ3n) is 7.03. The monoisotopic (exact) mass is 600 g/mol. The summed E-state index contributed by atoms with van der Waals surface area (Å²) in [5.41, 5.74) is 2.78. The number of anilines is 2. The van der Waals surface area contributed by atoms with E-state index in [0.29, 0.717) is 41.3 Å². The average molecular weight is 601 g/mol. The number of carboxylic acid groups (broad SMARTS) is 1. The van der Waals surface area contributed by atoms with E-state index in [9.17, 15) is 24.3 Å². The third kappa shape index (κ3) is 6.33. The van der Waals surface area contributed by atoms with Crippen LogP contribution in [0.2, 0.25) is 0 Å². The van der Waals surface area contributed by atoms with Gasteiger partial charge in [-0.05, 0) is 99.3 Å². The highest BCUT2D eigenvalue weighted by atomic mass is 16.6. The predicted octanol–water partition coefficient (Wildman–Crippen LogP) is 5.93. The number of aromatic hydroxyl groups is 1. The maximum absolute atomic E-state index is 12.5. The lowest BCUT2D eigenvalue weighted by molar-refractivity contribution is -0.119. The molecule has 2 aliphatic heterocycles. The van der Waals surface area contributed by atoms with Crippen LogP contribution in [0.25, 0.3) is 10.9 Å². The molecular weight excluding hydrogens is 568 g/mol. The van der Waals surface area contributed by atoms with Crippen LogP contribution in [0.5, 0.6) is 17.2 Å². The highest BCUT2D eigenvalue weighted by Crippen LogP contribution is 2.35. The second-order valence-electron chi connectivity index (χ2n) is 11.4. The van der Waals surface area contributed by atoms with E-state index >= 15 is 0 Å². The standard InChI is InChI=1S/C22H23N3O4.C10H9NO4/c1-22(2,3)29-21(27)25-19-9-7-16(11-14(19)5-10-20(25)26)28-17-6-8-18-15(12-17)13-23-24(18)4;12-7-2-3-8-6(5-7)1-4-9(13)11(8)10(14)15/h6-9,11-13H,5,10H2,1-4H3;2-3,5,12H,1,4H2,(H,14,15). The number of amides is 4. The summed E-state index contributed by atoms with van der Waals surface area (Å²) in [5.74, 6) is 0.725. The van der Waals surface area contributed by atoms with E-state index in [-0.39, 0.29) is 24.5 Å². The Morgan fingerprint density at radius 2 is 1.41 bits per heavy atom. The minimum Gasteiger partial charge on any atom is -0.508 e. The van der Waals surface area contributed by atoms with Gasteiger partial charge in [-0.2, -0.15) is 5.10 Å². The van der Waals surface area contributed by atoms with Gasteiger partial charge in [0.1, 0.15) is 22.8 Å². The van der Waals surface area contributed by atoms with Gasteiger partial charge in [-0.1, -0.05) is 0 Å². The van der Waals surface area contributed by atoms with Gasteiger partial charge in [0.2, 0.25) is 11.8 Å². The molecule has 0 unspecified atom stereocenters. The molecule has 3 heterocycles. The van der Waals surface area contributed by atoms with E-state index in [2.05, 4.69) is 5.10 Å². The minimum atomic E-state index is -1.29. The fraction of sp³-hybridized carbons (Fsp3) is 0.281. The van der Waals surface area contributed by atoms with Crippen LogP contribution in [0.15, 0.2) is 60.8 Å². The van der Waals surface area contributed by atoms with E-state index in [0.717, 1.165) is 26.3 Å². The zero-order chi connectivity index (χ0) is 31.8. The highest BCUT2D eigenvalue weighted by molar-refractivity contribution is 6.14. The Labute approximate surface area is 253 Å². The average Bonchev–Trinajstić information content (AvgIpc) is 3.32. The zero-order valence-corrected chi connectivity index (χ0v) is 24.7. The largest absolute Gasteiger partial charge is 0.508 e. The predicted molar refractivity (Wildman–Crippen MR) is 161 cm³/mol. The van der Waals surface area contributed by atoms with Crippen molar-refractivity contribution in [1.82, 2.24) is 9.78 Å². The van der Waals surface area contributed by atoms with Gasteiger partial charge in [0.05, 0.1) is 23.1 Å². The molecule has 4 aromatic rings. The van der Waals surface area contributed by atoms with Crippen molar-refractivity contribution < 1.29 is 38.9 Å². The number of hydrogen-bond donors (Lipinski definition) is 2. The molecule has 0 radical (unpaired) electrons. The second kappa shape index (κ2) is 11.7. The van der Waals surface area contributed by atoms with Crippen LogP contribution < -0.4 is 14.5 Å². The van der Waals surface area contributed by atoms with Gasteiger partial charge >= 0.3 is 12.2 Å². The van der Waals surface area contributed by atoms with Crippen LogP contribution in [0, 0.1) is 0 Å². The van der Waals surface area contributed by atoms with E-state index in [4.69, 9.17) is 14.6 Å². The molecule has 0 saturated carbocycles. The zero-order valence-electron chi connectivity index (χ0n) is 24.7. The number of aromatic nitrogens is 2. The number of fused-ring (bicyclic) bond motifs is 3. The fourth-order valence-electron chi connectivity index (χ4n) is 5.07. The van der Waals surface area contributed by atoms with Crippen molar-refractivity contribution in [3.8, 4) is 17.2 Å². The summed E-state index contributed by atoms with van der Waals surface area (Å²) in [4.78, 5) is 49.0. The molecule has 6 rings (SSSR count). The number of ether oxygens (including phenoxy) is 2. The lowest BCUT2D eigenvalue weighted by atomic mass is 10.0. The van der Waals surface area contributed by atoms with Crippen molar-refractivity contribution in [2.24, 2.45) is 7.05 Å². The summed E-state index contributed by atoms with van der Waals surface area (Å²) < 4.78 is 13.2. The molecule has 2 N–H and O–H groups in total. The van der Waals surface area contributed by atoms with Crippen LogP contribution in [-0.4, -0.2) is 49.6 Å². The van der Waals surface area contributed by atoms with Crippen molar-refractivity contribution in [2.75, 3.05) is 9.80 Å². The molecule has 4 amide bonds. The molecule has 2 aliphatic rings. The Morgan fingerprint density at radius 1 is 0.818 bits per heavy atom. The smallest absolute Gasteiger partial charge is 0.421 e. The first-order valence-electron chi connectivity index (χ1n) is 14.0. The van der Waals surface area contributed by atoms with Crippen LogP contribution >= 0.6 is 0 Å². The molecule has 0 aliphatic carbocycles. The van der Waals surface area contributed by atoms with Crippen molar-refractivity contribution >= 4 is 46.3 Å². The molecule has 0 atom stereocenters. The number of phenols is 1. The Morgan fingerprint density at radius 3 is 2.09 bits per heavy atom. The molecule has 12 heteroatoms. The maximum atomic E-state index is 12.5. The summed E-state index contributed by atoms with van der Waals surface area (Å²) >= 11 is 0. The normalized spacial score (nSPS) is 14.4. The molecule has 1 aromatic heterocycles. The van der Waals surface area contributed by atoms with Gasteiger partial charge in [0.25, 0.3) is 0 Å². The lowest BCUT2D eigenvalue weighted by Gasteiger charge is -2.30. The first kappa shape index (κ1) is 30.1. The van der Waals surface area contributed by atoms with E-state index in [1.807, 2.05) is 31.3 Å². The Kier molecular flexibility index (Phi) is 8.01. The number of carbonyl (C=O) groups excluding carboxylic acids is 3. The first-order chi connectivity index (χ1) is 20.8. The summed E-state index contributed by atoms with van der Waals surface area (Å²) in [6, 6.07) is 15.4. The van der Waals surface area contributed by atoms with Gasteiger partial charge in [-0.3, -0.25) is 14.3 Å². The SMILES string of the molecule is Cn1ncc2cc(Oc3ccc4c(c3)CCC(=O)N4C(=O)OC(C)(C)C)ccc21.O=C(O)N1C(=O)CCc2cc(O)ccc21. The van der Waals surface area contributed by atoms with Crippen molar-refractivity contribution in [1.29, 1.82) is 0 Å². The van der Waals surface area contributed by atoms with Gasteiger partial charge in [-0.25, -0.2) is 19.4 Å². The van der Waals surface area contributed by atoms with Crippen molar-refractivity contribution in [3.63, 3.8) is 0 Å². The molecule has 3 aromatic carbocycles. The minimum absolute atomic E-state index is 0.0773. The Bertz CT molecular complexity index is 1790. The molecule has 0 fully saturated rings. The number of nitrogens with zero attached hydrogens (tertiary/aromatic N) is 4. The van der Waals surface area contributed by atoms with E-state index in [1.165, 1.54) is 18.2 Å². The highest BCUT2D eigenvalue weighted by Gasteiger charge is 2.33. The summed E-state index contributed by atoms with van der Waals surface area (Å²) in [5, 5.41) is 23.3. The second-order valence-corrected chi connectivity index (χ2v) is 11.4. The van der Waals surface area contributed by atoms with E-state index < -0.39 is 23.7 Å². The van der Waals surface area contributed by atoms with Gasteiger partial charge in [0.15, 0.2) is 0 Å². The van der Waals surface area contributed by atoms with Crippen LogP contribution in [0.1, 0.15) is 44.7 Å². The maximum Gasteiger partial charge on any atom is 0.421 e. The van der Waals surface area contributed by atoms with Crippen molar-refractivity contribution in [3.05, 3.63) is 71.9 Å². The Hall–Kier alpha value is -5.39. The molecule has 228 valence electrons. The van der Waals surface area contributed by atoms with Gasteiger partial charge in [-0.15, -0.1) is 0 Å². The Balaban J connectivity index is 0.000000215. The molecular formula is C32H32N4O8. The molecule has 12 nitrogen and oxygen atoms in total. The van der Waals surface area contributed by atoms with Crippen molar-refractivity contribution in [2.45, 2.75) is 52.1 Å². The van der Waals surface area contributed by atoms with Crippen LogP contribution in [-0.2, 0) is 34.2 Å². The van der Waals surface area contributed by atoms with Crippen LogP contribution in [0.4, 0.5) is 21.0 Å². The number of aryl methyl sites for hydroxylation is 3. The number of rotatable bonds is 2. The summed E-state index contributed by atoms with van der Waals surface area (Å²) in [6.07, 6.45) is 1.27. The number of hydrogen-bond acceptors (Lipinski definition) is 8. The van der Waals surface area contributed by atoms with Crippen LogP contribution in [0.3, 0.4) is 0 Å². The molecule has 0 spiro atoms. The molecule has 0 bridgehead atoms. The summed E-state index contributed by atoms with van der Waals surface area (Å²) in [7, 11) is 1.89. The number of carbonyl (C=O) groups is 4. The number of imide groups is 2. The number of phenolic OH excluding ortho intramolecular Hbond substituents is 1. The third-order valence-corrected chi connectivity index (χ3v) is 7.03.